The van der Waals surface area contributed by atoms with Gasteiger partial charge in [0.2, 0.25) is 0 Å². The summed E-state index contributed by atoms with van der Waals surface area (Å²) in [5.74, 6) is 2.96. The molecule has 2 unspecified atom stereocenters. The largest absolute Gasteiger partial charge is 0.348 e. The maximum atomic E-state index is 5.23. The fourth-order valence-corrected chi connectivity index (χ4v) is 7.52. The van der Waals surface area contributed by atoms with Crippen molar-refractivity contribution in [3.8, 4) is 0 Å². The Morgan fingerprint density at radius 1 is 0.724 bits per heavy atom. The number of aromatic nitrogens is 2. The first-order valence-corrected chi connectivity index (χ1v) is 12.3. The zero-order chi connectivity index (χ0) is 19.9. The van der Waals surface area contributed by atoms with E-state index in [-0.39, 0.29) is 0 Å². The molecule has 0 amide bonds. The van der Waals surface area contributed by atoms with Gasteiger partial charge in [-0.3, -0.25) is 4.98 Å². The van der Waals surface area contributed by atoms with Crippen LogP contribution in [0.25, 0.3) is 0 Å². The Kier molecular flexibility index (Phi) is 4.06. The lowest BCUT2D eigenvalue weighted by atomic mass is 9.85. The standard InChI is InChI=1S/C27H36N2/c1-15(2)26-19-7-5-8-23(19)28-24-14-18(13-22(24)26)17-11-20-21(12-17)27(16(3)4)29-10-6-9-25(20)29/h15-18H,5-14H2,1-4H3. The van der Waals surface area contributed by atoms with Gasteiger partial charge in [0, 0.05) is 29.3 Å². The Balaban J connectivity index is 1.32. The van der Waals surface area contributed by atoms with Gasteiger partial charge in [0.15, 0.2) is 0 Å². The van der Waals surface area contributed by atoms with Crippen molar-refractivity contribution < 1.29 is 0 Å². The van der Waals surface area contributed by atoms with Crippen LogP contribution in [0.3, 0.4) is 0 Å². The van der Waals surface area contributed by atoms with Crippen molar-refractivity contribution in [2.75, 3.05) is 0 Å². The molecule has 3 heterocycles. The normalized spacial score (nSPS) is 24.5. The second kappa shape index (κ2) is 6.46. The van der Waals surface area contributed by atoms with Crippen LogP contribution in [0.5, 0.6) is 0 Å². The van der Waals surface area contributed by atoms with Gasteiger partial charge in [-0.25, -0.2) is 0 Å². The third-order valence-electron chi connectivity index (χ3n) is 8.54. The van der Waals surface area contributed by atoms with Gasteiger partial charge >= 0.3 is 0 Å². The highest BCUT2D eigenvalue weighted by Gasteiger charge is 2.40. The van der Waals surface area contributed by atoms with Crippen molar-refractivity contribution in [1.82, 2.24) is 9.55 Å². The zero-order valence-corrected chi connectivity index (χ0v) is 18.8. The van der Waals surface area contributed by atoms with Crippen molar-refractivity contribution in [3.05, 3.63) is 50.6 Å². The number of rotatable bonds is 3. The van der Waals surface area contributed by atoms with Crippen LogP contribution in [-0.4, -0.2) is 9.55 Å². The maximum absolute atomic E-state index is 5.23. The lowest BCUT2D eigenvalue weighted by molar-refractivity contribution is 0.355. The average molecular weight is 389 g/mol. The summed E-state index contributed by atoms with van der Waals surface area (Å²) in [5.41, 5.74) is 14.9. The number of hydrogen-bond donors (Lipinski definition) is 0. The smallest absolute Gasteiger partial charge is 0.0445 e. The van der Waals surface area contributed by atoms with Crippen LogP contribution in [-0.2, 0) is 51.5 Å². The summed E-state index contributed by atoms with van der Waals surface area (Å²) in [4.78, 5) is 5.23. The van der Waals surface area contributed by atoms with E-state index in [0.29, 0.717) is 11.8 Å². The van der Waals surface area contributed by atoms with Gasteiger partial charge in [-0.1, -0.05) is 27.7 Å². The summed E-state index contributed by atoms with van der Waals surface area (Å²) >= 11 is 0. The molecule has 0 radical (unpaired) electrons. The van der Waals surface area contributed by atoms with E-state index >= 15 is 0 Å². The molecular formula is C27H36N2. The van der Waals surface area contributed by atoms with Crippen molar-refractivity contribution in [1.29, 1.82) is 0 Å². The lowest BCUT2D eigenvalue weighted by Crippen LogP contribution is -2.17. The monoisotopic (exact) mass is 388 g/mol. The number of fused-ring (bicyclic) bond motifs is 5. The minimum atomic E-state index is 0.646. The minimum absolute atomic E-state index is 0.646. The number of aryl methyl sites for hydroxylation is 1. The summed E-state index contributed by atoms with van der Waals surface area (Å²) in [6.45, 7) is 10.9. The SMILES string of the molecule is CC(C)c1c2c(nc3c1CC(C1Cc4c(c(C(C)C)n5c4CCC5)C1)C3)CCC2. The summed E-state index contributed by atoms with van der Waals surface area (Å²) in [5, 5.41) is 0. The van der Waals surface area contributed by atoms with Crippen LogP contribution in [0.15, 0.2) is 0 Å². The predicted molar refractivity (Wildman–Crippen MR) is 119 cm³/mol. The molecule has 0 spiro atoms. The molecule has 0 fully saturated rings. The van der Waals surface area contributed by atoms with Crippen molar-refractivity contribution in [2.45, 2.75) is 104 Å². The minimum Gasteiger partial charge on any atom is -0.348 e. The molecule has 29 heavy (non-hydrogen) atoms. The van der Waals surface area contributed by atoms with Gasteiger partial charge in [-0.2, -0.15) is 0 Å². The van der Waals surface area contributed by atoms with Crippen molar-refractivity contribution in [3.63, 3.8) is 0 Å². The molecule has 0 saturated carbocycles. The molecule has 1 aliphatic heterocycles. The molecule has 0 aromatic carbocycles. The van der Waals surface area contributed by atoms with E-state index in [2.05, 4.69) is 32.3 Å². The van der Waals surface area contributed by atoms with E-state index in [0.717, 1.165) is 11.8 Å². The molecule has 154 valence electrons. The van der Waals surface area contributed by atoms with Crippen LogP contribution < -0.4 is 0 Å². The highest BCUT2D eigenvalue weighted by molar-refractivity contribution is 5.49. The molecule has 0 N–H and O–H groups in total. The molecule has 0 bridgehead atoms. The van der Waals surface area contributed by atoms with Gasteiger partial charge < -0.3 is 4.57 Å². The van der Waals surface area contributed by atoms with E-state index in [9.17, 15) is 0 Å². The Morgan fingerprint density at radius 3 is 2.28 bits per heavy atom. The summed E-state index contributed by atoms with van der Waals surface area (Å²) in [7, 11) is 0. The fourth-order valence-electron chi connectivity index (χ4n) is 7.52. The van der Waals surface area contributed by atoms with Gasteiger partial charge in [0.05, 0.1) is 0 Å². The first-order chi connectivity index (χ1) is 14.0. The second-order valence-corrected chi connectivity index (χ2v) is 10.9. The van der Waals surface area contributed by atoms with E-state index < -0.39 is 0 Å². The van der Waals surface area contributed by atoms with Crippen molar-refractivity contribution in [2.24, 2.45) is 11.8 Å². The van der Waals surface area contributed by atoms with Gasteiger partial charge in [-0.05, 0) is 109 Å². The maximum Gasteiger partial charge on any atom is 0.0445 e. The van der Waals surface area contributed by atoms with Crippen LogP contribution in [0.1, 0.15) is 103 Å². The topological polar surface area (TPSA) is 17.8 Å². The first-order valence-electron chi connectivity index (χ1n) is 12.3. The molecule has 2 atom stereocenters. The zero-order valence-electron chi connectivity index (χ0n) is 18.8. The van der Waals surface area contributed by atoms with Crippen LogP contribution in [0.4, 0.5) is 0 Å². The number of hydrogen-bond acceptors (Lipinski definition) is 1. The molecule has 4 aliphatic rings. The highest BCUT2D eigenvalue weighted by Crippen LogP contribution is 2.47. The van der Waals surface area contributed by atoms with Crippen LogP contribution in [0.2, 0.25) is 0 Å². The van der Waals surface area contributed by atoms with Crippen LogP contribution in [0, 0.1) is 11.8 Å². The van der Waals surface area contributed by atoms with E-state index in [1.54, 1.807) is 39.2 Å². The highest BCUT2D eigenvalue weighted by atomic mass is 15.0. The molecule has 6 rings (SSSR count). The van der Waals surface area contributed by atoms with Crippen LogP contribution >= 0.6 is 0 Å². The lowest BCUT2D eigenvalue weighted by Gasteiger charge is -2.20. The Bertz CT molecular complexity index is 991. The Hall–Kier alpha value is -1.57. The summed E-state index contributed by atoms with van der Waals surface area (Å²) in [6.07, 6.45) is 11.7. The molecule has 2 aromatic heterocycles. The number of nitrogens with zero attached hydrogens (tertiary/aromatic N) is 2. The van der Waals surface area contributed by atoms with Gasteiger partial charge in [-0.15, -0.1) is 0 Å². The molecule has 2 nitrogen and oxygen atoms in total. The van der Waals surface area contributed by atoms with E-state index in [4.69, 9.17) is 4.98 Å². The van der Waals surface area contributed by atoms with Gasteiger partial charge in [0.25, 0.3) is 0 Å². The molecule has 2 heteroatoms. The quantitative estimate of drug-likeness (QED) is 0.660. The molecule has 0 saturated heterocycles. The fraction of sp³-hybridized carbons (Fsp3) is 0.667. The Labute approximate surface area is 176 Å². The Morgan fingerprint density at radius 2 is 1.48 bits per heavy atom. The molecular weight excluding hydrogens is 352 g/mol. The molecule has 3 aliphatic carbocycles. The molecule has 2 aromatic rings. The first kappa shape index (κ1) is 18.2. The van der Waals surface area contributed by atoms with Crippen molar-refractivity contribution >= 4 is 0 Å². The third kappa shape index (κ3) is 2.56. The summed E-state index contributed by atoms with van der Waals surface area (Å²) < 4.78 is 2.71. The number of pyridine rings is 1. The second-order valence-electron chi connectivity index (χ2n) is 10.9. The van der Waals surface area contributed by atoms with E-state index in [1.165, 1.54) is 75.7 Å². The van der Waals surface area contributed by atoms with E-state index in [1.807, 2.05) is 0 Å². The third-order valence-corrected chi connectivity index (χ3v) is 8.54. The predicted octanol–water partition coefficient (Wildman–Crippen LogP) is 5.69. The van der Waals surface area contributed by atoms with Gasteiger partial charge in [0.1, 0.15) is 0 Å². The average Bonchev–Trinajstić information content (AvgIpc) is 3.43. The summed E-state index contributed by atoms with van der Waals surface area (Å²) in [6, 6.07) is 0.